The van der Waals surface area contributed by atoms with Gasteiger partial charge in [-0.2, -0.15) is 0 Å². The molecule has 0 aromatic carbocycles. The fourth-order valence-electron chi connectivity index (χ4n) is 2.85. The molecule has 0 rings (SSSR count). The van der Waals surface area contributed by atoms with Crippen LogP contribution in [0.25, 0.3) is 0 Å². The Morgan fingerprint density at radius 3 is 1.30 bits per heavy atom. The number of hydrogen-bond donors (Lipinski definition) is 2. The predicted octanol–water partition coefficient (Wildman–Crippen LogP) is 2.05. The maximum absolute atomic E-state index is 9.01. The summed E-state index contributed by atoms with van der Waals surface area (Å²) in [6.45, 7) is 5.95. The average Bonchev–Trinajstić information content (AvgIpc) is 2.76. The van der Waals surface area contributed by atoms with Gasteiger partial charge in [-0.15, -0.1) is 0 Å². The molecule has 0 fully saturated rings. The van der Waals surface area contributed by atoms with Crippen LogP contribution in [0.1, 0.15) is 44.9 Å². The quantitative estimate of drug-likeness (QED) is 0.209. The minimum Gasteiger partial charge on any atom is -0.396 e. The van der Waals surface area contributed by atoms with Crippen LogP contribution in [-0.2, 0) is 28.4 Å². The molecule has 0 atom stereocenters. The van der Waals surface area contributed by atoms with E-state index < -0.39 is 5.41 Å². The summed E-state index contributed by atoms with van der Waals surface area (Å²) in [5.41, 5.74) is -0.402. The van der Waals surface area contributed by atoms with E-state index >= 15 is 0 Å². The lowest BCUT2D eigenvalue weighted by Gasteiger charge is -2.33. The molecule has 0 aliphatic rings. The fourth-order valence-corrected chi connectivity index (χ4v) is 2.85. The van der Waals surface area contributed by atoms with E-state index in [0.717, 1.165) is 38.5 Å². The van der Waals surface area contributed by atoms with Gasteiger partial charge in [-0.05, 0) is 32.1 Å². The molecule has 0 saturated heterocycles. The molecule has 182 valence electrons. The number of ether oxygens (including phenoxy) is 6. The first kappa shape index (κ1) is 29.7. The molecular formula is C22H46O8. The first-order valence-electron chi connectivity index (χ1n) is 11.2. The van der Waals surface area contributed by atoms with Crippen molar-refractivity contribution in [2.45, 2.75) is 44.9 Å². The van der Waals surface area contributed by atoms with Crippen molar-refractivity contribution in [3.8, 4) is 0 Å². The first-order chi connectivity index (χ1) is 14.7. The van der Waals surface area contributed by atoms with Crippen LogP contribution in [0.15, 0.2) is 0 Å². The smallest absolute Gasteiger partial charge is 0.0637 e. The highest BCUT2D eigenvalue weighted by molar-refractivity contribution is 4.79. The lowest BCUT2D eigenvalue weighted by molar-refractivity contribution is -0.109. The van der Waals surface area contributed by atoms with Crippen molar-refractivity contribution in [3.05, 3.63) is 0 Å². The third-order valence-electron chi connectivity index (χ3n) is 4.55. The van der Waals surface area contributed by atoms with Gasteiger partial charge in [0, 0.05) is 67.1 Å². The third kappa shape index (κ3) is 18.4. The maximum atomic E-state index is 9.01. The Morgan fingerprint density at radius 2 is 0.867 bits per heavy atom. The largest absolute Gasteiger partial charge is 0.396 e. The van der Waals surface area contributed by atoms with E-state index in [1.807, 2.05) is 0 Å². The lowest BCUT2D eigenvalue weighted by atomic mass is 9.92. The molecule has 0 heterocycles. The zero-order valence-corrected chi connectivity index (χ0v) is 19.3. The number of unbranched alkanes of at least 4 members (excludes halogenated alkanes) is 3. The molecule has 0 bridgehead atoms. The number of aliphatic hydroxyl groups is 2. The van der Waals surface area contributed by atoms with Gasteiger partial charge in [0.1, 0.15) is 0 Å². The van der Waals surface area contributed by atoms with Crippen LogP contribution < -0.4 is 0 Å². The minimum atomic E-state index is -0.402. The monoisotopic (exact) mass is 438 g/mol. The zero-order chi connectivity index (χ0) is 22.2. The van der Waals surface area contributed by atoms with Crippen LogP contribution in [0.5, 0.6) is 0 Å². The van der Waals surface area contributed by atoms with Crippen molar-refractivity contribution in [2.24, 2.45) is 5.41 Å². The number of hydrogen-bond acceptors (Lipinski definition) is 8. The second-order valence-corrected chi connectivity index (χ2v) is 7.62. The van der Waals surface area contributed by atoms with Crippen LogP contribution in [-0.4, -0.2) is 104 Å². The molecule has 0 aliphatic carbocycles. The summed E-state index contributed by atoms with van der Waals surface area (Å²) in [5, 5.41) is 17.9. The van der Waals surface area contributed by atoms with Crippen molar-refractivity contribution in [2.75, 3.05) is 93.5 Å². The van der Waals surface area contributed by atoms with Gasteiger partial charge in [-0.3, -0.25) is 0 Å². The van der Waals surface area contributed by atoms with Crippen LogP contribution in [0, 0.1) is 5.41 Å². The summed E-state index contributed by atoms with van der Waals surface area (Å²) in [4.78, 5) is 0. The fraction of sp³-hybridized carbons (Fsp3) is 1.00. The Bertz CT molecular complexity index is 316. The second kappa shape index (κ2) is 23.3. The Balaban J connectivity index is 4.64. The van der Waals surface area contributed by atoms with E-state index in [-0.39, 0.29) is 13.2 Å². The van der Waals surface area contributed by atoms with Crippen molar-refractivity contribution >= 4 is 0 Å². The molecule has 0 aromatic heterocycles. The van der Waals surface area contributed by atoms with Crippen molar-refractivity contribution < 1.29 is 38.6 Å². The van der Waals surface area contributed by atoms with Gasteiger partial charge in [0.15, 0.2) is 0 Å². The van der Waals surface area contributed by atoms with E-state index in [9.17, 15) is 0 Å². The molecule has 0 amide bonds. The number of methoxy groups -OCH3 is 2. The Labute approximate surface area is 183 Å². The van der Waals surface area contributed by atoms with E-state index in [4.69, 9.17) is 38.6 Å². The summed E-state index contributed by atoms with van der Waals surface area (Å²) in [6, 6.07) is 0. The van der Waals surface area contributed by atoms with Crippen LogP contribution in [0.3, 0.4) is 0 Å². The van der Waals surface area contributed by atoms with E-state index in [2.05, 4.69) is 0 Å². The van der Waals surface area contributed by atoms with Gasteiger partial charge in [-0.25, -0.2) is 0 Å². The third-order valence-corrected chi connectivity index (χ3v) is 4.55. The average molecular weight is 439 g/mol. The van der Waals surface area contributed by atoms with E-state index in [0.29, 0.717) is 72.5 Å². The zero-order valence-electron chi connectivity index (χ0n) is 19.3. The molecule has 30 heavy (non-hydrogen) atoms. The van der Waals surface area contributed by atoms with Gasteiger partial charge in [-0.1, -0.05) is 12.8 Å². The standard InChI is InChI=1S/C22H46O8/c1-25-12-8-16-29-20-22(19-28-15-7-11-24,21-30-17-9-13-26-2)18-27-14-6-4-3-5-10-23/h23-24H,3-21H2,1-2H3. The van der Waals surface area contributed by atoms with Crippen molar-refractivity contribution in [3.63, 3.8) is 0 Å². The van der Waals surface area contributed by atoms with Gasteiger partial charge in [0.25, 0.3) is 0 Å². The molecule has 0 saturated carbocycles. The normalized spacial score (nSPS) is 12.0. The Morgan fingerprint density at radius 1 is 0.467 bits per heavy atom. The molecular weight excluding hydrogens is 392 g/mol. The highest BCUT2D eigenvalue weighted by Gasteiger charge is 2.32. The number of aliphatic hydroxyl groups excluding tert-OH is 2. The summed E-state index contributed by atoms with van der Waals surface area (Å²) < 4.78 is 33.8. The molecule has 0 aromatic rings. The van der Waals surface area contributed by atoms with Crippen molar-refractivity contribution in [1.29, 1.82) is 0 Å². The van der Waals surface area contributed by atoms with Crippen LogP contribution in [0.2, 0.25) is 0 Å². The molecule has 0 spiro atoms. The van der Waals surface area contributed by atoms with Gasteiger partial charge in [0.2, 0.25) is 0 Å². The van der Waals surface area contributed by atoms with Crippen molar-refractivity contribution in [1.82, 2.24) is 0 Å². The molecule has 0 radical (unpaired) electrons. The van der Waals surface area contributed by atoms with Gasteiger partial charge in [0.05, 0.1) is 31.8 Å². The molecule has 2 N–H and O–H groups in total. The highest BCUT2D eigenvalue weighted by Crippen LogP contribution is 2.21. The topological polar surface area (TPSA) is 95.8 Å². The summed E-state index contributed by atoms with van der Waals surface area (Å²) >= 11 is 0. The van der Waals surface area contributed by atoms with Gasteiger partial charge >= 0.3 is 0 Å². The Hall–Kier alpha value is -0.320. The van der Waals surface area contributed by atoms with Crippen LogP contribution >= 0.6 is 0 Å². The predicted molar refractivity (Wildman–Crippen MR) is 116 cm³/mol. The lowest BCUT2D eigenvalue weighted by Crippen LogP contribution is -2.42. The van der Waals surface area contributed by atoms with E-state index in [1.54, 1.807) is 14.2 Å². The molecule has 0 aliphatic heterocycles. The van der Waals surface area contributed by atoms with E-state index in [1.165, 1.54) is 0 Å². The number of rotatable bonds is 25. The molecule has 8 heteroatoms. The minimum absolute atomic E-state index is 0.109. The van der Waals surface area contributed by atoms with Gasteiger partial charge < -0.3 is 38.6 Å². The SMILES string of the molecule is COCCCOCC(COCCCO)(COCCCCCCO)COCCCOC. The maximum Gasteiger partial charge on any atom is 0.0637 e. The first-order valence-corrected chi connectivity index (χ1v) is 11.2. The second-order valence-electron chi connectivity index (χ2n) is 7.62. The Kier molecular flexibility index (Phi) is 23.1. The summed E-state index contributed by atoms with van der Waals surface area (Å²) in [7, 11) is 3.36. The van der Waals surface area contributed by atoms with Crippen LogP contribution in [0.4, 0.5) is 0 Å². The summed E-state index contributed by atoms with van der Waals surface area (Å²) in [5.74, 6) is 0. The summed E-state index contributed by atoms with van der Waals surface area (Å²) in [6.07, 6.45) is 6.13. The molecule has 0 unspecified atom stereocenters. The highest BCUT2D eigenvalue weighted by atomic mass is 16.5. The molecule has 8 nitrogen and oxygen atoms in total.